The largest absolute Gasteiger partial charge is 0.453 e. The normalized spacial score (nSPS) is 10.4. The van der Waals surface area contributed by atoms with Crippen LogP contribution in [0.25, 0.3) is 0 Å². The molecule has 0 aromatic heterocycles. The van der Waals surface area contributed by atoms with Gasteiger partial charge in [0.05, 0.1) is 9.50 Å². The van der Waals surface area contributed by atoms with E-state index < -0.39 is 11.6 Å². The van der Waals surface area contributed by atoms with Gasteiger partial charge in [-0.2, -0.15) is 0 Å². The van der Waals surface area contributed by atoms with Gasteiger partial charge in [-0.1, -0.05) is 23.8 Å². The number of thiocarbonyl (C=S) groups is 1. The van der Waals surface area contributed by atoms with Crippen LogP contribution in [0.4, 0.5) is 8.78 Å². The Hall–Kier alpha value is -1.24. The first-order valence-corrected chi connectivity index (χ1v) is 6.88. The van der Waals surface area contributed by atoms with Gasteiger partial charge < -0.3 is 10.5 Å². The fourth-order valence-corrected chi connectivity index (χ4v) is 2.53. The minimum absolute atomic E-state index is 0.0407. The Bertz CT molecular complexity index is 696. The molecule has 0 unspecified atom stereocenters. The van der Waals surface area contributed by atoms with E-state index in [4.69, 9.17) is 34.3 Å². The van der Waals surface area contributed by atoms with E-state index in [1.807, 2.05) is 0 Å². The van der Waals surface area contributed by atoms with Gasteiger partial charge in [-0.05, 0) is 46.3 Å². The van der Waals surface area contributed by atoms with Crippen molar-refractivity contribution < 1.29 is 13.5 Å². The average Bonchev–Trinajstić information content (AvgIpc) is 2.37. The van der Waals surface area contributed by atoms with E-state index in [0.717, 1.165) is 12.1 Å². The predicted octanol–water partition coefficient (Wildman–Crippen LogP) is 4.81. The summed E-state index contributed by atoms with van der Waals surface area (Å²) in [6.07, 6.45) is 0. The second-order valence-electron chi connectivity index (χ2n) is 3.78. The summed E-state index contributed by atoms with van der Waals surface area (Å²) in [7, 11) is 0. The molecule has 0 heterocycles. The van der Waals surface area contributed by atoms with Crippen molar-refractivity contribution in [2.75, 3.05) is 0 Å². The standard InChI is InChI=1S/C13H7BrClF2NOS/c14-11-7(13(18)20)2-4-10(12(11)17)19-9-3-1-6(16)5-8(9)15/h1-5H,(H2,18,20). The molecule has 0 spiro atoms. The lowest BCUT2D eigenvalue weighted by molar-refractivity contribution is 0.439. The highest BCUT2D eigenvalue weighted by Crippen LogP contribution is 2.34. The van der Waals surface area contributed by atoms with E-state index >= 15 is 0 Å². The van der Waals surface area contributed by atoms with E-state index in [1.165, 1.54) is 18.2 Å². The molecule has 0 atom stereocenters. The first-order valence-electron chi connectivity index (χ1n) is 5.31. The van der Waals surface area contributed by atoms with Gasteiger partial charge in [0.25, 0.3) is 0 Å². The quantitative estimate of drug-likeness (QED) is 0.779. The van der Waals surface area contributed by atoms with E-state index in [1.54, 1.807) is 0 Å². The number of rotatable bonds is 3. The monoisotopic (exact) mass is 377 g/mol. The smallest absolute Gasteiger partial charge is 0.180 e. The second kappa shape index (κ2) is 6.03. The molecule has 104 valence electrons. The summed E-state index contributed by atoms with van der Waals surface area (Å²) < 4.78 is 32.5. The fourth-order valence-electron chi connectivity index (χ4n) is 1.48. The SMILES string of the molecule is NC(=S)c1ccc(Oc2ccc(F)cc2Cl)c(F)c1Br. The molecule has 2 N–H and O–H groups in total. The van der Waals surface area contributed by atoms with Gasteiger partial charge in [0, 0.05) is 5.56 Å². The lowest BCUT2D eigenvalue weighted by Gasteiger charge is -2.11. The van der Waals surface area contributed by atoms with Gasteiger partial charge in [-0.3, -0.25) is 0 Å². The van der Waals surface area contributed by atoms with Crippen LogP contribution < -0.4 is 10.5 Å². The van der Waals surface area contributed by atoms with E-state index in [9.17, 15) is 8.78 Å². The number of hydrogen-bond acceptors (Lipinski definition) is 2. The maximum absolute atomic E-state index is 14.1. The van der Waals surface area contributed by atoms with Crippen LogP contribution in [0.2, 0.25) is 5.02 Å². The van der Waals surface area contributed by atoms with Crippen molar-refractivity contribution in [3.63, 3.8) is 0 Å². The first kappa shape index (κ1) is 15.2. The Balaban J connectivity index is 2.39. The number of nitrogens with two attached hydrogens (primary N) is 1. The molecular formula is C13H7BrClF2NOS. The van der Waals surface area contributed by atoms with Crippen LogP contribution >= 0.6 is 39.7 Å². The summed E-state index contributed by atoms with van der Waals surface area (Å²) in [6, 6.07) is 6.44. The van der Waals surface area contributed by atoms with E-state index in [2.05, 4.69) is 15.9 Å². The third-order valence-electron chi connectivity index (χ3n) is 2.43. The van der Waals surface area contributed by atoms with Crippen LogP contribution in [0, 0.1) is 11.6 Å². The first-order chi connectivity index (χ1) is 9.40. The molecule has 0 saturated carbocycles. The van der Waals surface area contributed by atoms with Crippen molar-refractivity contribution in [3.05, 3.63) is 57.0 Å². The zero-order valence-electron chi connectivity index (χ0n) is 9.79. The van der Waals surface area contributed by atoms with Crippen LogP contribution in [0.3, 0.4) is 0 Å². The molecule has 7 heteroatoms. The fraction of sp³-hybridized carbons (Fsp3) is 0. The van der Waals surface area contributed by atoms with Crippen molar-refractivity contribution in [2.24, 2.45) is 5.73 Å². The van der Waals surface area contributed by atoms with E-state index in [0.29, 0.717) is 5.56 Å². The number of halogens is 4. The highest BCUT2D eigenvalue weighted by atomic mass is 79.9. The van der Waals surface area contributed by atoms with Crippen molar-refractivity contribution in [1.29, 1.82) is 0 Å². The number of hydrogen-bond donors (Lipinski definition) is 1. The molecule has 2 rings (SSSR count). The molecule has 0 fully saturated rings. The highest BCUT2D eigenvalue weighted by molar-refractivity contribution is 9.10. The summed E-state index contributed by atoms with van der Waals surface area (Å²) >= 11 is 13.7. The Labute approximate surface area is 132 Å². The summed E-state index contributed by atoms with van der Waals surface area (Å²) in [5.74, 6) is -1.11. The van der Waals surface area contributed by atoms with Gasteiger partial charge in [0.15, 0.2) is 11.6 Å². The Kier molecular flexibility index (Phi) is 4.57. The van der Waals surface area contributed by atoms with Gasteiger partial charge in [-0.25, -0.2) is 8.78 Å². The van der Waals surface area contributed by atoms with Crippen molar-refractivity contribution in [1.82, 2.24) is 0 Å². The van der Waals surface area contributed by atoms with Crippen molar-refractivity contribution >= 4 is 44.7 Å². The average molecular weight is 379 g/mol. The van der Waals surface area contributed by atoms with Crippen LogP contribution in [0.1, 0.15) is 5.56 Å². The summed E-state index contributed by atoms with van der Waals surface area (Å²) in [5, 5.41) is 0.0407. The highest BCUT2D eigenvalue weighted by Gasteiger charge is 2.15. The lowest BCUT2D eigenvalue weighted by atomic mass is 10.2. The third kappa shape index (κ3) is 3.08. The van der Waals surface area contributed by atoms with Gasteiger partial charge >= 0.3 is 0 Å². The second-order valence-corrected chi connectivity index (χ2v) is 5.42. The molecule has 0 bridgehead atoms. The molecule has 0 aliphatic rings. The molecule has 20 heavy (non-hydrogen) atoms. The molecule has 2 nitrogen and oxygen atoms in total. The zero-order valence-corrected chi connectivity index (χ0v) is 13.0. The van der Waals surface area contributed by atoms with Crippen LogP contribution in [-0.2, 0) is 0 Å². The van der Waals surface area contributed by atoms with Crippen molar-refractivity contribution in [3.8, 4) is 11.5 Å². The molecular weight excluding hydrogens is 372 g/mol. The Morgan fingerprint density at radius 3 is 2.45 bits per heavy atom. The minimum Gasteiger partial charge on any atom is -0.453 e. The minimum atomic E-state index is -0.671. The van der Waals surface area contributed by atoms with E-state index in [-0.39, 0.29) is 26.0 Å². The summed E-state index contributed by atoms with van der Waals surface area (Å²) in [4.78, 5) is 0.0575. The lowest BCUT2D eigenvalue weighted by Crippen LogP contribution is -2.11. The molecule has 0 saturated heterocycles. The Morgan fingerprint density at radius 2 is 1.85 bits per heavy atom. The molecule has 0 amide bonds. The molecule has 2 aromatic rings. The van der Waals surface area contributed by atoms with Crippen molar-refractivity contribution in [2.45, 2.75) is 0 Å². The van der Waals surface area contributed by atoms with Gasteiger partial charge in [0.1, 0.15) is 16.6 Å². The number of ether oxygens (including phenoxy) is 1. The predicted molar refractivity (Wildman–Crippen MR) is 81.5 cm³/mol. The maximum Gasteiger partial charge on any atom is 0.180 e. The molecule has 2 aromatic carbocycles. The number of benzene rings is 2. The van der Waals surface area contributed by atoms with Crippen LogP contribution in [0.5, 0.6) is 11.5 Å². The molecule has 0 aliphatic heterocycles. The summed E-state index contributed by atoms with van der Waals surface area (Å²) in [6.45, 7) is 0. The molecule has 0 aliphatic carbocycles. The van der Waals surface area contributed by atoms with Crippen LogP contribution in [0.15, 0.2) is 34.8 Å². The third-order valence-corrected chi connectivity index (χ3v) is 3.72. The topological polar surface area (TPSA) is 35.2 Å². The Morgan fingerprint density at radius 1 is 1.20 bits per heavy atom. The van der Waals surface area contributed by atoms with Crippen LogP contribution in [-0.4, -0.2) is 4.99 Å². The maximum atomic E-state index is 14.1. The zero-order chi connectivity index (χ0) is 14.9. The molecule has 0 radical (unpaired) electrons. The van der Waals surface area contributed by atoms with Gasteiger partial charge in [0.2, 0.25) is 0 Å². The van der Waals surface area contributed by atoms with Gasteiger partial charge in [-0.15, -0.1) is 0 Å². The summed E-state index contributed by atoms with van der Waals surface area (Å²) in [5.41, 5.74) is 5.81.